The van der Waals surface area contributed by atoms with Crippen molar-refractivity contribution in [1.82, 2.24) is 5.32 Å². The van der Waals surface area contributed by atoms with Crippen molar-refractivity contribution in [2.24, 2.45) is 0 Å². The van der Waals surface area contributed by atoms with Gasteiger partial charge in [-0.05, 0) is 49.9 Å². The molecule has 0 spiro atoms. The summed E-state index contributed by atoms with van der Waals surface area (Å²) in [5, 5.41) is 3.53. The summed E-state index contributed by atoms with van der Waals surface area (Å²) in [6, 6.07) is 5.49. The lowest BCUT2D eigenvalue weighted by Crippen LogP contribution is -2.29. The number of aryl methyl sites for hydroxylation is 1. The highest BCUT2D eigenvalue weighted by Crippen LogP contribution is 2.20. The normalized spacial score (nSPS) is 12.7. The molecule has 1 aromatic carbocycles. The van der Waals surface area contributed by atoms with E-state index < -0.39 is 0 Å². The predicted octanol–water partition coefficient (Wildman–Crippen LogP) is 4.30. The summed E-state index contributed by atoms with van der Waals surface area (Å²) in [6.07, 6.45) is 4.38. The Morgan fingerprint density at radius 3 is 2.71 bits per heavy atom. The molecule has 0 aromatic heterocycles. The van der Waals surface area contributed by atoms with Crippen molar-refractivity contribution in [3.8, 4) is 0 Å². The van der Waals surface area contributed by atoms with Crippen molar-refractivity contribution in [1.29, 1.82) is 0 Å². The molecule has 0 fully saturated rings. The molecule has 0 amide bonds. The first kappa shape index (κ1) is 14.7. The molecule has 3 heteroatoms. The van der Waals surface area contributed by atoms with Crippen LogP contribution in [0.1, 0.15) is 38.7 Å². The van der Waals surface area contributed by atoms with Crippen molar-refractivity contribution in [3.63, 3.8) is 0 Å². The average molecular weight is 302 g/mol. The van der Waals surface area contributed by atoms with E-state index in [1.807, 2.05) is 6.07 Å². The van der Waals surface area contributed by atoms with Gasteiger partial charge in [-0.2, -0.15) is 0 Å². The van der Waals surface area contributed by atoms with E-state index in [1.54, 1.807) is 0 Å². The monoisotopic (exact) mass is 301 g/mol. The number of benzene rings is 1. The molecule has 1 nitrogen and oxygen atoms in total. The zero-order chi connectivity index (χ0) is 12.7. The third-order valence-electron chi connectivity index (χ3n) is 2.95. The Balaban J connectivity index is 2.47. The van der Waals surface area contributed by atoms with E-state index in [1.165, 1.54) is 17.7 Å². The van der Waals surface area contributed by atoms with Gasteiger partial charge in [0, 0.05) is 10.5 Å². The van der Waals surface area contributed by atoms with Gasteiger partial charge >= 0.3 is 0 Å². The van der Waals surface area contributed by atoms with Crippen molar-refractivity contribution in [2.45, 2.75) is 45.6 Å². The molecule has 0 heterocycles. The second-order valence-electron chi connectivity index (χ2n) is 4.33. The maximum Gasteiger partial charge on any atom is 0.124 e. The molecule has 1 atom stereocenters. The zero-order valence-corrected chi connectivity index (χ0v) is 12.2. The molecule has 0 aliphatic carbocycles. The standard InChI is InChI=1S/C14H21BrFN/c1-3-9-17-13(4-2)8-6-11-5-7-12(16)10-14(11)15/h5,7,10,13,17H,3-4,6,8-9H2,1-2H3. The quantitative estimate of drug-likeness (QED) is 0.792. The first-order chi connectivity index (χ1) is 8.17. The van der Waals surface area contributed by atoms with Crippen molar-refractivity contribution in [2.75, 3.05) is 6.54 Å². The van der Waals surface area contributed by atoms with Crippen LogP contribution in [-0.4, -0.2) is 12.6 Å². The second kappa shape index (κ2) is 7.83. The number of halogens is 2. The van der Waals surface area contributed by atoms with Gasteiger partial charge in [-0.1, -0.05) is 35.8 Å². The Morgan fingerprint density at radius 1 is 1.35 bits per heavy atom. The maximum atomic E-state index is 12.9. The van der Waals surface area contributed by atoms with E-state index in [-0.39, 0.29) is 5.82 Å². The molecule has 0 aliphatic heterocycles. The molecular weight excluding hydrogens is 281 g/mol. The lowest BCUT2D eigenvalue weighted by atomic mass is 10.0. The van der Waals surface area contributed by atoms with Gasteiger partial charge < -0.3 is 5.32 Å². The average Bonchev–Trinajstić information content (AvgIpc) is 2.31. The molecule has 17 heavy (non-hydrogen) atoms. The lowest BCUT2D eigenvalue weighted by Gasteiger charge is -2.16. The molecular formula is C14H21BrFN. The zero-order valence-electron chi connectivity index (χ0n) is 10.6. The molecule has 1 unspecified atom stereocenters. The first-order valence-corrected chi connectivity index (χ1v) is 7.14. The number of hydrogen-bond donors (Lipinski definition) is 1. The summed E-state index contributed by atoms with van der Waals surface area (Å²) in [5.74, 6) is -0.184. The van der Waals surface area contributed by atoms with E-state index in [0.717, 1.165) is 36.7 Å². The van der Waals surface area contributed by atoms with E-state index in [2.05, 4.69) is 35.1 Å². The van der Waals surface area contributed by atoms with Crippen LogP contribution in [0, 0.1) is 5.82 Å². The highest BCUT2D eigenvalue weighted by molar-refractivity contribution is 9.10. The molecule has 0 saturated carbocycles. The fourth-order valence-corrected chi connectivity index (χ4v) is 2.40. The molecule has 1 aromatic rings. The number of nitrogens with one attached hydrogen (secondary N) is 1. The topological polar surface area (TPSA) is 12.0 Å². The van der Waals surface area contributed by atoms with Gasteiger partial charge in [-0.3, -0.25) is 0 Å². The fraction of sp³-hybridized carbons (Fsp3) is 0.571. The minimum absolute atomic E-state index is 0.184. The van der Waals surface area contributed by atoms with E-state index in [4.69, 9.17) is 0 Å². The Bertz CT molecular complexity index is 341. The first-order valence-electron chi connectivity index (χ1n) is 6.34. The predicted molar refractivity (Wildman–Crippen MR) is 74.8 cm³/mol. The SMILES string of the molecule is CCCNC(CC)CCc1ccc(F)cc1Br. The minimum Gasteiger partial charge on any atom is -0.314 e. The summed E-state index contributed by atoms with van der Waals surface area (Å²) < 4.78 is 13.8. The van der Waals surface area contributed by atoms with Crippen LogP contribution < -0.4 is 5.32 Å². The van der Waals surface area contributed by atoms with Crippen LogP contribution in [0.2, 0.25) is 0 Å². The molecule has 0 radical (unpaired) electrons. The summed E-state index contributed by atoms with van der Waals surface area (Å²) in [6.45, 7) is 5.45. The summed E-state index contributed by atoms with van der Waals surface area (Å²) >= 11 is 3.41. The Kier molecular flexibility index (Phi) is 6.75. The Hall–Kier alpha value is -0.410. The van der Waals surface area contributed by atoms with Gasteiger partial charge in [-0.15, -0.1) is 0 Å². The molecule has 0 bridgehead atoms. The van der Waals surface area contributed by atoms with Gasteiger partial charge in [0.25, 0.3) is 0 Å². The highest BCUT2D eigenvalue weighted by Gasteiger charge is 2.07. The molecule has 0 saturated heterocycles. The van der Waals surface area contributed by atoms with Crippen molar-refractivity contribution in [3.05, 3.63) is 34.1 Å². The molecule has 96 valence electrons. The third-order valence-corrected chi connectivity index (χ3v) is 3.69. The van der Waals surface area contributed by atoms with Crippen LogP contribution in [0.15, 0.2) is 22.7 Å². The smallest absolute Gasteiger partial charge is 0.124 e. The Morgan fingerprint density at radius 2 is 2.12 bits per heavy atom. The third kappa shape index (κ3) is 5.17. The van der Waals surface area contributed by atoms with E-state index in [0.29, 0.717) is 6.04 Å². The van der Waals surface area contributed by atoms with Gasteiger partial charge in [0.15, 0.2) is 0 Å². The van der Waals surface area contributed by atoms with Crippen LogP contribution >= 0.6 is 15.9 Å². The van der Waals surface area contributed by atoms with Crippen molar-refractivity contribution >= 4 is 15.9 Å². The van der Waals surface area contributed by atoms with Gasteiger partial charge in [0.05, 0.1) is 0 Å². The van der Waals surface area contributed by atoms with Crippen LogP contribution in [-0.2, 0) is 6.42 Å². The van der Waals surface area contributed by atoms with E-state index >= 15 is 0 Å². The van der Waals surface area contributed by atoms with Crippen LogP contribution in [0.3, 0.4) is 0 Å². The highest BCUT2D eigenvalue weighted by atomic mass is 79.9. The fourth-order valence-electron chi connectivity index (χ4n) is 1.85. The largest absolute Gasteiger partial charge is 0.314 e. The number of rotatable bonds is 7. The summed E-state index contributed by atoms with van der Waals surface area (Å²) in [7, 11) is 0. The van der Waals surface area contributed by atoms with Crippen LogP contribution in [0.25, 0.3) is 0 Å². The second-order valence-corrected chi connectivity index (χ2v) is 5.19. The lowest BCUT2D eigenvalue weighted by molar-refractivity contribution is 0.468. The van der Waals surface area contributed by atoms with Gasteiger partial charge in [0.1, 0.15) is 5.82 Å². The molecule has 1 N–H and O–H groups in total. The summed E-state index contributed by atoms with van der Waals surface area (Å²) in [4.78, 5) is 0. The Labute approximate surface area is 112 Å². The van der Waals surface area contributed by atoms with Crippen LogP contribution in [0.5, 0.6) is 0 Å². The van der Waals surface area contributed by atoms with Crippen LogP contribution in [0.4, 0.5) is 4.39 Å². The van der Waals surface area contributed by atoms with Gasteiger partial charge in [-0.25, -0.2) is 4.39 Å². The molecule has 0 aliphatic rings. The molecule has 1 rings (SSSR count). The number of hydrogen-bond acceptors (Lipinski definition) is 1. The van der Waals surface area contributed by atoms with E-state index in [9.17, 15) is 4.39 Å². The summed E-state index contributed by atoms with van der Waals surface area (Å²) in [5.41, 5.74) is 1.18. The minimum atomic E-state index is -0.184. The maximum absolute atomic E-state index is 12.9. The van der Waals surface area contributed by atoms with Gasteiger partial charge in [0.2, 0.25) is 0 Å². The van der Waals surface area contributed by atoms with Crippen molar-refractivity contribution < 1.29 is 4.39 Å².